The molecule has 7 heteroatoms. The molecule has 0 aromatic heterocycles. The predicted molar refractivity (Wildman–Crippen MR) is 122 cm³/mol. The average Bonchev–Trinajstić information content (AvgIpc) is 2.83. The van der Waals surface area contributed by atoms with E-state index in [0.717, 1.165) is 16.8 Å². The lowest BCUT2D eigenvalue weighted by molar-refractivity contribution is -0.117. The third kappa shape index (κ3) is 6.69. The first kappa shape index (κ1) is 18.0. The third-order valence-corrected chi connectivity index (χ3v) is 5.29. The van der Waals surface area contributed by atoms with Crippen LogP contribution in [0.4, 0.5) is 5.69 Å². The number of amides is 1. The number of rotatable bonds is 9. The highest BCUT2D eigenvalue weighted by Gasteiger charge is 2.21. The van der Waals surface area contributed by atoms with Gasteiger partial charge in [0, 0.05) is 38.4 Å². The van der Waals surface area contributed by atoms with Crippen LogP contribution < -0.4 is 14.8 Å². The molecule has 0 radical (unpaired) electrons. The van der Waals surface area contributed by atoms with Crippen molar-refractivity contribution in [3.63, 3.8) is 0 Å². The van der Waals surface area contributed by atoms with E-state index < -0.39 is 18.2 Å². The van der Waals surface area contributed by atoms with Crippen LogP contribution in [0.3, 0.4) is 0 Å². The zero-order chi connectivity index (χ0) is 25.7. The van der Waals surface area contributed by atoms with Gasteiger partial charge in [-0.15, -0.1) is 0 Å². The normalized spacial score (nSPS) is 17.8. The van der Waals surface area contributed by atoms with Crippen molar-refractivity contribution in [1.82, 2.24) is 9.80 Å². The van der Waals surface area contributed by atoms with Crippen LogP contribution in [0.2, 0.25) is 0 Å². The van der Waals surface area contributed by atoms with Gasteiger partial charge in [0.05, 0.1) is 19.1 Å². The van der Waals surface area contributed by atoms with E-state index in [4.69, 9.17) is 15.0 Å². The quantitative estimate of drug-likeness (QED) is 0.635. The molecule has 1 heterocycles. The molecular weight excluding hydrogens is 394 g/mol. The Bertz CT molecular complexity index is 1040. The van der Waals surface area contributed by atoms with Gasteiger partial charge in [-0.25, -0.2) is 0 Å². The van der Waals surface area contributed by atoms with E-state index >= 15 is 0 Å². The molecule has 168 valence electrons. The number of para-hydroxylation sites is 3. The number of carbonyl (C=O) groups excluding carboxylic acids is 1. The van der Waals surface area contributed by atoms with Gasteiger partial charge in [-0.2, -0.15) is 0 Å². The minimum absolute atomic E-state index is 0.0503. The summed E-state index contributed by atoms with van der Waals surface area (Å²) in [4.78, 5) is 16.7. The van der Waals surface area contributed by atoms with Crippen LogP contribution in [-0.4, -0.2) is 79.9 Å². The number of hydrogen-bond acceptors (Lipinski definition) is 6. The second-order valence-corrected chi connectivity index (χ2v) is 7.72. The molecule has 1 atom stereocenters. The molecule has 3 rings (SSSR count). The molecule has 2 N–H and O–H groups in total. The molecule has 1 amide bonds. The van der Waals surface area contributed by atoms with Crippen LogP contribution in [0.5, 0.6) is 11.5 Å². The van der Waals surface area contributed by atoms with Crippen LogP contribution in [-0.2, 0) is 4.79 Å². The highest BCUT2D eigenvalue weighted by molar-refractivity contribution is 5.93. The fourth-order valence-electron chi connectivity index (χ4n) is 3.59. The number of nitrogens with zero attached hydrogens (tertiary/aromatic N) is 2. The molecule has 1 saturated heterocycles. The Morgan fingerprint density at radius 3 is 2.39 bits per heavy atom. The van der Waals surface area contributed by atoms with Gasteiger partial charge < -0.3 is 19.9 Å². The summed E-state index contributed by atoms with van der Waals surface area (Å²) in [6, 6.07) is 4.42. The monoisotopic (exact) mass is 431 g/mol. The molecular formula is C24H33N3O4. The van der Waals surface area contributed by atoms with Crippen LogP contribution >= 0.6 is 0 Å². The Hall–Kier alpha value is -2.61. The Labute approximate surface area is 190 Å². The lowest BCUT2D eigenvalue weighted by atomic mass is 10.1. The minimum Gasteiger partial charge on any atom is -0.493 e. The van der Waals surface area contributed by atoms with E-state index in [2.05, 4.69) is 15.1 Å². The van der Waals surface area contributed by atoms with Gasteiger partial charge in [0.1, 0.15) is 12.7 Å². The molecule has 1 unspecified atom stereocenters. The maximum Gasteiger partial charge on any atom is 0.238 e. The van der Waals surface area contributed by atoms with Gasteiger partial charge in [-0.05, 0) is 37.1 Å². The number of piperazine rings is 1. The number of aliphatic hydroxyl groups is 1. The van der Waals surface area contributed by atoms with Crippen LogP contribution in [0.15, 0.2) is 42.4 Å². The first-order valence-corrected chi connectivity index (χ1v) is 10.4. The fourth-order valence-corrected chi connectivity index (χ4v) is 3.59. The first-order valence-electron chi connectivity index (χ1n) is 12.4. The smallest absolute Gasteiger partial charge is 0.238 e. The van der Waals surface area contributed by atoms with Gasteiger partial charge in [0.2, 0.25) is 5.91 Å². The summed E-state index contributed by atoms with van der Waals surface area (Å²) < 4.78 is 42.1. The third-order valence-electron chi connectivity index (χ3n) is 5.29. The van der Waals surface area contributed by atoms with Crippen molar-refractivity contribution in [3.8, 4) is 11.5 Å². The van der Waals surface area contributed by atoms with Crippen molar-refractivity contribution in [2.24, 2.45) is 0 Å². The Kier molecular flexibility index (Phi) is 6.47. The minimum atomic E-state index is -0.864. The van der Waals surface area contributed by atoms with Gasteiger partial charge >= 0.3 is 0 Å². The highest BCUT2D eigenvalue weighted by Crippen LogP contribution is 2.25. The Morgan fingerprint density at radius 1 is 1.13 bits per heavy atom. The fraction of sp³-hybridized carbons (Fsp3) is 0.458. The highest BCUT2D eigenvalue weighted by atomic mass is 16.5. The number of nitrogens with one attached hydrogen (secondary N) is 1. The van der Waals surface area contributed by atoms with Crippen LogP contribution in [0.1, 0.15) is 16.6 Å². The molecule has 0 spiro atoms. The summed E-state index contributed by atoms with van der Waals surface area (Å²) in [5, 5.41) is 13.5. The summed E-state index contributed by atoms with van der Waals surface area (Å²) in [5.74, 6) is -0.251. The molecule has 2 aromatic rings. The number of ether oxygens (including phenoxy) is 2. The second-order valence-electron chi connectivity index (χ2n) is 7.72. The molecule has 7 nitrogen and oxygen atoms in total. The number of hydrogen-bond donors (Lipinski definition) is 2. The van der Waals surface area contributed by atoms with Crippen molar-refractivity contribution < 1.29 is 24.9 Å². The topological polar surface area (TPSA) is 74.3 Å². The summed E-state index contributed by atoms with van der Waals surface area (Å²) in [6.45, 7) is 7.19. The number of anilines is 1. The molecule has 1 aliphatic heterocycles. The van der Waals surface area contributed by atoms with E-state index in [1.165, 1.54) is 7.11 Å². The number of benzene rings is 2. The lowest BCUT2D eigenvalue weighted by Crippen LogP contribution is -2.50. The van der Waals surface area contributed by atoms with E-state index in [-0.39, 0.29) is 36.1 Å². The van der Waals surface area contributed by atoms with Crippen molar-refractivity contribution >= 4 is 11.6 Å². The lowest BCUT2D eigenvalue weighted by Gasteiger charge is -2.35. The van der Waals surface area contributed by atoms with E-state index in [9.17, 15) is 9.90 Å². The van der Waals surface area contributed by atoms with Crippen molar-refractivity contribution in [2.45, 2.75) is 20.0 Å². The largest absolute Gasteiger partial charge is 0.493 e. The van der Waals surface area contributed by atoms with E-state index in [1.54, 1.807) is 0 Å². The number of aryl methyl sites for hydroxylation is 2. The Morgan fingerprint density at radius 2 is 1.74 bits per heavy atom. The second kappa shape index (κ2) is 11.1. The van der Waals surface area contributed by atoms with Gasteiger partial charge in [0.25, 0.3) is 0 Å². The number of aliphatic hydroxyl groups excluding tert-OH is 1. The predicted octanol–water partition coefficient (Wildman–Crippen LogP) is 2.31. The van der Waals surface area contributed by atoms with Gasteiger partial charge in [-0.3, -0.25) is 14.6 Å². The van der Waals surface area contributed by atoms with E-state index in [0.29, 0.717) is 39.3 Å². The molecule has 0 saturated carbocycles. The number of methoxy groups -OCH3 is 1. The zero-order valence-electron chi connectivity index (χ0n) is 22.3. The molecule has 0 bridgehead atoms. The number of carbonyl (C=O) groups is 1. The average molecular weight is 432 g/mol. The summed E-state index contributed by atoms with van der Waals surface area (Å²) in [5.41, 5.74) is 2.92. The van der Waals surface area contributed by atoms with Crippen LogP contribution in [0.25, 0.3) is 0 Å². The summed E-state index contributed by atoms with van der Waals surface area (Å²) >= 11 is 0. The van der Waals surface area contributed by atoms with Crippen molar-refractivity contribution in [1.29, 1.82) is 0 Å². The van der Waals surface area contributed by atoms with Crippen LogP contribution in [0, 0.1) is 13.8 Å². The first-order chi connectivity index (χ1) is 16.6. The van der Waals surface area contributed by atoms with Gasteiger partial charge in [-0.1, -0.05) is 30.3 Å². The standard InChI is InChI=1S/C24H33N3O4/c1-18-7-6-8-19(2)24(18)25-23(29)16-27-13-11-26(12-14-27)15-20(28)17-31-22-10-5-4-9-21(22)30-3/h4-10,20,28H,11-17H2,1-3H3,(H,25,29)/i4D,5D,9D,10D. The molecule has 31 heavy (non-hydrogen) atoms. The molecule has 1 aliphatic rings. The number of β-amino-alcohol motifs (C(OH)–C–C–N with tert-alkyl or cyclic N) is 1. The zero-order valence-corrected chi connectivity index (χ0v) is 18.3. The maximum atomic E-state index is 12.5. The van der Waals surface area contributed by atoms with E-state index in [1.807, 2.05) is 32.0 Å². The maximum absolute atomic E-state index is 12.5. The van der Waals surface area contributed by atoms with Gasteiger partial charge in [0.15, 0.2) is 11.5 Å². The molecule has 2 aromatic carbocycles. The molecule has 0 aliphatic carbocycles. The summed E-state index contributed by atoms with van der Waals surface area (Å²) in [6.07, 6.45) is -0.864. The van der Waals surface area contributed by atoms with Crippen molar-refractivity contribution in [2.75, 3.05) is 58.3 Å². The SMILES string of the molecule is [2H]c1c([2H])c([2H])c(OCC(O)CN2CCN(CC(=O)Nc3c(C)cccc3C)CC2)c(OC)c1[2H]. The van der Waals surface area contributed by atoms with Crippen molar-refractivity contribution in [3.05, 3.63) is 53.5 Å². The Balaban J connectivity index is 1.46. The molecule has 1 fully saturated rings. The summed E-state index contributed by atoms with van der Waals surface area (Å²) in [7, 11) is 1.31.